The van der Waals surface area contributed by atoms with E-state index >= 15 is 0 Å². The van der Waals surface area contributed by atoms with E-state index in [2.05, 4.69) is 4.83 Å². The first kappa shape index (κ1) is 12.5. The Balaban J connectivity index is 2.10. The molecular formula is C12H18N2O2S. The van der Waals surface area contributed by atoms with E-state index in [4.69, 9.17) is 0 Å². The van der Waals surface area contributed by atoms with Crippen molar-refractivity contribution in [3.05, 3.63) is 29.8 Å². The number of aryl methyl sites for hydroxylation is 1. The van der Waals surface area contributed by atoms with E-state index in [0.717, 1.165) is 31.5 Å². The maximum atomic E-state index is 12.1. The van der Waals surface area contributed by atoms with Crippen LogP contribution in [0.15, 0.2) is 29.2 Å². The molecule has 1 aromatic rings. The van der Waals surface area contributed by atoms with Gasteiger partial charge in [-0.25, -0.2) is 13.4 Å². The lowest BCUT2D eigenvalue weighted by Crippen LogP contribution is -2.44. The summed E-state index contributed by atoms with van der Waals surface area (Å²) >= 11 is 0. The third kappa shape index (κ3) is 3.28. The van der Waals surface area contributed by atoms with Crippen molar-refractivity contribution in [1.82, 2.24) is 9.84 Å². The van der Waals surface area contributed by atoms with E-state index < -0.39 is 10.0 Å². The summed E-state index contributed by atoms with van der Waals surface area (Å²) in [4.78, 5) is 2.96. The van der Waals surface area contributed by atoms with Crippen molar-refractivity contribution in [3.63, 3.8) is 0 Å². The minimum atomic E-state index is -3.40. The minimum Gasteiger partial charge on any atom is -0.230 e. The number of hydrazine groups is 1. The Bertz CT molecular complexity index is 462. The smallest absolute Gasteiger partial charge is 0.230 e. The molecule has 1 heterocycles. The first-order valence-electron chi connectivity index (χ1n) is 5.92. The predicted molar refractivity (Wildman–Crippen MR) is 66.9 cm³/mol. The summed E-state index contributed by atoms with van der Waals surface area (Å²) in [6, 6.07) is 6.90. The van der Waals surface area contributed by atoms with Crippen LogP contribution < -0.4 is 4.83 Å². The molecule has 0 unspecified atom stereocenters. The van der Waals surface area contributed by atoms with Gasteiger partial charge in [-0.2, -0.15) is 0 Å². The highest BCUT2D eigenvalue weighted by Crippen LogP contribution is 2.12. The van der Waals surface area contributed by atoms with Crippen LogP contribution >= 0.6 is 0 Å². The van der Waals surface area contributed by atoms with Crippen molar-refractivity contribution in [1.29, 1.82) is 0 Å². The standard InChI is InChI=1S/C12H18N2O2S/c1-11-5-7-12(8-6-11)17(15,16)13-14-9-3-2-4-10-14/h5-8,13H,2-4,9-10H2,1H3. The second-order valence-corrected chi connectivity index (χ2v) is 6.12. The summed E-state index contributed by atoms with van der Waals surface area (Å²) in [5.74, 6) is 0. The number of hydrogen-bond acceptors (Lipinski definition) is 3. The number of nitrogens with zero attached hydrogens (tertiary/aromatic N) is 1. The maximum absolute atomic E-state index is 12.1. The van der Waals surface area contributed by atoms with E-state index in [1.54, 1.807) is 17.1 Å². The quantitative estimate of drug-likeness (QED) is 0.892. The lowest BCUT2D eigenvalue weighted by Gasteiger charge is -2.26. The highest BCUT2D eigenvalue weighted by atomic mass is 32.2. The van der Waals surface area contributed by atoms with Crippen molar-refractivity contribution in [2.45, 2.75) is 31.1 Å². The molecule has 94 valence electrons. The molecule has 0 radical (unpaired) electrons. The van der Waals surface area contributed by atoms with Gasteiger partial charge in [0.25, 0.3) is 10.0 Å². The second-order valence-electron chi connectivity index (χ2n) is 4.46. The summed E-state index contributed by atoms with van der Waals surface area (Å²) in [5.41, 5.74) is 1.06. The maximum Gasteiger partial charge on any atom is 0.253 e. The third-order valence-electron chi connectivity index (χ3n) is 2.94. The van der Waals surface area contributed by atoms with Crippen LogP contribution in [0.2, 0.25) is 0 Å². The Labute approximate surface area is 103 Å². The minimum absolute atomic E-state index is 0.327. The van der Waals surface area contributed by atoms with Gasteiger partial charge in [0.2, 0.25) is 0 Å². The zero-order chi connectivity index (χ0) is 12.3. The first-order chi connectivity index (χ1) is 8.08. The Kier molecular flexibility index (Phi) is 3.81. The normalized spacial score (nSPS) is 18.2. The summed E-state index contributed by atoms with van der Waals surface area (Å²) < 4.78 is 24.1. The SMILES string of the molecule is Cc1ccc(S(=O)(=O)NN2CCCCC2)cc1. The molecule has 0 aromatic heterocycles. The molecule has 0 amide bonds. The highest BCUT2D eigenvalue weighted by Gasteiger charge is 2.19. The van der Waals surface area contributed by atoms with Crippen molar-refractivity contribution in [2.24, 2.45) is 0 Å². The molecule has 0 bridgehead atoms. The van der Waals surface area contributed by atoms with Gasteiger partial charge in [0.05, 0.1) is 4.90 Å². The fraction of sp³-hybridized carbons (Fsp3) is 0.500. The molecule has 1 aliphatic heterocycles. The lowest BCUT2D eigenvalue weighted by molar-refractivity contribution is 0.200. The Morgan fingerprint density at radius 2 is 1.65 bits per heavy atom. The number of nitrogens with one attached hydrogen (secondary N) is 1. The molecule has 0 atom stereocenters. The van der Waals surface area contributed by atoms with Gasteiger partial charge in [0.15, 0.2) is 0 Å². The molecule has 0 saturated carbocycles. The number of piperidine rings is 1. The molecule has 4 nitrogen and oxygen atoms in total. The van der Waals surface area contributed by atoms with Gasteiger partial charge in [0.1, 0.15) is 0 Å². The molecule has 1 aromatic carbocycles. The Hall–Kier alpha value is -0.910. The van der Waals surface area contributed by atoms with E-state index in [0.29, 0.717) is 4.90 Å². The second kappa shape index (κ2) is 5.16. The summed E-state index contributed by atoms with van der Waals surface area (Å²) in [6.45, 7) is 3.53. The monoisotopic (exact) mass is 254 g/mol. The highest BCUT2D eigenvalue weighted by molar-refractivity contribution is 7.89. The van der Waals surface area contributed by atoms with Gasteiger partial charge in [-0.05, 0) is 31.9 Å². The molecule has 5 heteroatoms. The van der Waals surface area contributed by atoms with Crippen LogP contribution in [-0.2, 0) is 10.0 Å². The van der Waals surface area contributed by atoms with Crippen LogP contribution in [0.5, 0.6) is 0 Å². The summed E-state index contributed by atoms with van der Waals surface area (Å²) in [5, 5.41) is 1.79. The average molecular weight is 254 g/mol. The predicted octanol–water partition coefficient (Wildman–Crippen LogP) is 1.67. The number of rotatable bonds is 3. The Morgan fingerprint density at radius 3 is 2.24 bits per heavy atom. The first-order valence-corrected chi connectivity index (χ1v) is 7.40. The van der Waals surface area contributed by atoms with Crippen LogP contribution in [0.1, 0.15) is 24.8 Å². The molecule has 0 spiro atoms. The fourth-order valence-corrected chi connectivity index (χ4v) is 3.05. The summed E-state index contributed by atoms with van der Waals surface area (Å²) in [7, 11) is -3.40. The number of sulfonamides is 1. The van der Waals surface area contributed by atoms with E-state index in [-0.39, 0.29) is 0 Å². The molecule has 0 aliphatic carbocycles. The van der Waals surface area contributed by atoms with Gasteiger partial charge in [-0.15, -0.1) is 4.83 Å². The number of hydrogen-bond donors (Lipinski definition) is 1. The van der Waals surface area contributed by atoms with Gasteiger partial charge >= 0.3 is 0 Å². The van der Waals surface area contributed by atoms with Gasteiger partial charge in [-0.1, -0.05) is 24.1 Å². The molecule has 1 aliphatic rings. The average Bonchev–Trinajstić information content (AvgIpc) is 2.30. The van der Waals surface area contributed by atoms with E-state index in [1.165, 1.54) is 6.42 Å². The van der Waals surface area contributed by atoms with Crippen LogP contribution in [0.3, 0.4) is 0 Å². The van der Waals surface area contributed by atoms with Crippen molar-refractivity contribution in [2.75, 3.05) is 13.1 Å². The Morgan fingerprint density at radius 1 is 1.06 bits per heavy atom. The topological polar surface area (TPSA) is 49.4 Å². The van der Waals surface area contributed by atoms with Gasteiger partial charge in [0, 0.05) is 13.1 Å². The van der Waals surface area contributed by atoms with Crippen molar-refractivity contribution < 1.29 is 8.42 Å². The van der Waals surface area contributed by atoms with E-state index in [1.807, 2.05) is 19.1 Å². The number of benzene rings is 1. The van der Waals surface area contributed by atoms with Crippen LogP contribution in [0.25, 0.3) is 0 Å². The summed E-state index contributed by atoms with van der Waals surface area (Å²) in [6.07, 6.45) is 3.29. The third-order valence-corrected chi connectivity index (χ3v) is 4.33. The van der Waals surface area contributed by atoms with Gasteiger partial charge < -0.3 is 0 Å². The lowest BCUT2D eigenvalue weighted by atomic mass is 10.2. The largest absolute Gasteiger partial charge is 0.253 e. The molecule has 1 saturated heterocycles. The van der Waals surface area contributed by atoms with Crippen LogP contribution in [0.4, 0.5) is 0 Å². The van der Waals surface area contributed by atoms with Crippen molar-refractivity contribution in [3.8, 4) is 0 Å². The molecule has 1 fully saturated rings. The molecule has 17 heavy (non-hydrogen) atoms. The van der Waals surface area contributed by atoms with E-state index in [9.17, 15) is 8.42 Å². The zero-order valence-corrected chi connectivity index (χ0v) is 10.8. The van der Waals surface area contributed by atoms with Crippen molar-refractivity contribution >= 4 is 10.0 Å². The zero-order valence-electron chi connectivity index (χ0n) is 10.0. The van der Waals surface area contributed by atoms with Crippen LogP contribution in [0, 0.1) is 6.92 Å². The molecular weight excluding hydrogens is 236 g/mol. The molecule has 1 N–H and O–H groups in total. The fourth-order valence-electron chi connectivity index (χ4n) is 1.93. The van der Waals surface area contributed by atoms with Gasteiger partial charge in [-0.3, -0.25) is 0 Å². The molecule has 2 rings (SSSR count). The van der Waals surface area contributed by atoms with Crippen LogP contribution in [-0.4, -0.2) is 26.5 Å².